The number of ether oxygens (including phenoxy) is 1. The van der Waals surface area contributed by atoms with Crippen molar-refractivity contribution in [3.05, 3.63) is 41.0 Å². The van der Waals surface area contributed by atoms with Crippen LogP contribution < -0.4 is 15.0 Å². The molecule has 2 rings (SSSR count). The Morgan fingerprint density at radius 2 is 2.00 bits per heavy atom. The molecule has 0 bridgehead atoms. The third-order valence-corrected chi connectivity index (χ3v) is 3.16. The molecule has 0 aliphatic carbocycles. The zero-order chi connectivity index (χ0) is 16.1. The van der Waals surface area contributed by atoms with E-state index in [4.69, 9.17) is 16.3 Å². The SMILES string of the molecule is COc1ncc(NC(=O)Cc2ccc(Cl)cc2)c(N(C)C)n1. The van der Waals surface area contributed by atoms with Gasteiger partial charge >= 0.3 is 6.01 Å². The molecule has 0 spiro atoms. The summed E-state index contributed by atoms with van der Waals surface area (Å²) in [5, 5.41) is 3.45. The molecule has 0 unspecified atom stereocenters. The van der Waals surface area contributed by atoms with Crippen LogP contribution in [0, 0.1) is 0 Å². The minimum absolute atomic E-state index is 0.154. The van der Waals surface area contributed by atoms with Gasteiger partial charge in [-0.2, -0.15) is 4.98 Å². The Kier molecular flexibility index (Phi) is 5.16. The summed E-state index contributed by atoms with van der Waals surface area (Å²) in [6.45, 7) is 0. The van der Waals surface area contributed by atoms with E-state index in [0.29, 0.717) is 16.5 Å². The second-order valence-corrected chi connectivity index (χ2v) is 5.28. The van der Waals surface area contributed by atoms with E-state index in [9.17, 15) is 4.79 Å². The molecule has 1 amide bonds. The molecule has 0 aliphatic rings. The summed E-state index contributed by atoms with van der Waals surface area (Å²) in [5.41, 5.74) is 1.41. The Hall–Kier alpha value is -2.34. The van der Waals surface area contributed by atoms with Gasteiger partial charge in [-0.3, -0.25) is 4.79 Å². The fourth-order valence-corrected chi connectivity index (χ4v) is 1.99. The van der Waals surface area contributed by atoms with Crippen molar-refractivity contribution >= 4 is 29.0 Å². The largest absolute Gasteiger partial charge is 0.467 e. The van der Waals surface area contributed by atoms with Crippen LogP contribution in [-0.2, 0) is 11.2 Å². The fraction of sp³-hybridized carbons (Fsp3) is 0.267. The molecule has 1 N–H and O–H groups in total. The van der Waals surface area contributed by atoms with Gasteiger partial charge < -0.3 is 15.0 Å². The van der Waals surface area contributed by atoms with E-state index < -0.39 is 0 Å². The molecule has 0 fully saturated rings. The smallest absolute Gasteiger partial charge is 0.318 e. The topological polar surface area (TPSA) is 67.3 Å². The molecule has 7 heteroatoms. The van der Waals surface area contributed by atoms with E-state index in [1.807, 2.05) is 26.2 Å². The number of rotatable bonds is 5. The molecule has 1 heterocycles. The average molecular weight is 321 g/mol. The van der Waals surface area contributed by atoms with Gasteiger partial charge in [0.05, 0.1) is 19.7 Å². The molecule has 0 radical (unpaired) electrons. The quantitative estimate of drug-likeness (QED) is 0.916. The minimum Gasteiger partial charge on any atom is -0.467 e. The van der Waals surface area contributed by atoms with E-state index in [1.165, 1.54) is 13.3 Å². The highest BCUT2D eigenvalue weighted by molar-refractivity contribution is 6.30. The van der Waals surface area contributed by atoms with Crippen LogP contribution in [0.15, 0.2) is 30.5 Å². The van der Waals surface area contributed by atoms with Crippen LogP contribution in [-0.4, -0.2) is 37.1 Å². The Labute approximate surface area is 134 Å². The molecule has 116 valence electrons. The molecule has 0 aliphatic heterocycles. The Morgan fingerprint density at radius 1 is 1.32 bits per heavy atom. The third-order valence-electron chi connectivity index (χ3n) is 2.90. The van der Waals surface area contributed by atoms with Gasteiger partial charge in [-0.1, -0.05) is 23.7 Å². The maximum absolute atomic E-state index is 12.1. The minimum atomic E-state index is -0.154. The number of amides is 1. The van der Waals surface area contributed by atoms with Gasteiger partial charge in [-0.25, -0.2) is 4.98 Å². The normalized spacial score (nSPS) is 10.2. The lowest BCUT2D eigenvalue weighted by Crippen LogP contribution is -2.19. The molecule has 1 aromatic heterocycles. The molecule has 0 saturated carbocycles. The number of hydrogen-bond acceptors (Lipinski definition) is 5. The van der Waals surface area contributed by atoms with Gasteiger partial charge in [0.2, 0.25) is 5.91 Å². The summed E-state index contributed by atoms with van der Waals surface area (Å²) in [6, 6.07) is 7.40. The number of benzene rings is 1. The van der Waals surface area contributed by atoms with Crippen LogP contribution in [0.1, 0.15) is 5.56 Å². The number of carbonyl (C=O) groups is 1. The van der Waals surface area contributed by atoms with Crippen LogP contribution in [0.5, 0.6) is 6.01 Å². The van der Waals surface area contributed by atoms with Gasteiger partial charge in [0, 0.05) is 19.1 Å². The van der Waals surface area contributed by atoms with Crippen molar-refractivity contribution < 1.29 is 9.53 Å². The number of anilines is 2. The highest BCUT2D eigenvalue weighted by Crippen LogP contribution is 2.23. The number of methoxy groups -OCH3 is 1. The Morgan fingerprint density at radius 3 is 2.59 bits per heavy atom. The molecule has 2 aromatic rings. The molecule has 0 atom stereocenters. The first-order chi connectivity index (χ1) is 10.5. The molecule has 0 saturated heterocycles. The van der Waals surface area contributed by atoms with Crippen LogP contribution in [0.25, 0.3) is 0 Å². The van der Waals surface area contributed by atoms with E-state index >= 15 is 0 Å². The zero-order valence-electron chi connectivity index (χ0n) is 12.6. The predicted molar refractivity (Wildman–Crippen MR) is 86.7 cm³/mol. The number of nitrogens with zero attached hydrogens (tertiary/aromatic N) is 3. The summed E-state index contributed by atoms with van der Waals surface area (Å²) >= 11 is 5.83. The van der Waals surface area contributed by atoms with E-state index in [2.05, 4.69) is 15.3 Å². The van der Waals surface area contributed by atoms with Crippen LogP contribution >= 0.6 is 11.6 Å². The molecule has 22 heavy (non-hydrogen) atoms. The maximum atomic E-state index is 12.1. The summed E-state index contributed by atoms with van der Waals surface area (Å²) < 4.78 is 5.00. The van der Waals surface area contributed by atoms with Crippen LogP contribution in [0.4, 0.5) is 11.5 Å². The van der Waals surface area contributed by atoms with Crippen molar-refractivity contribution in [2.24, 2.45) is 0 Å². The van der Waals surface area contributed by atoms with Crippen LogP contribution in [0.2, 0.25) is 5.02 Å². The zero-order valence-corrected chi connectivity index (χ0v) is 13.4. The van der Waals surface area contributed by atoms with Gasteiger partial charge in [0.1, 0.15) is 5.69 Å². The summed E-state index contributed by atoms with van der Waals surface area (Å²) in [7, 11) is 5.15. The van der Waals surface area contributed by atoms with Crippen LogP contribution in [0.3, 0.4) is 0 Å². The number of aromatic nitrogens is 2. The summed E-state index contributed by atoms with van der Waals surface area (Å²) in [6.07, 6.45) is 1.77. The van der Waals surface area contributed by atoms with Crippen molar-refractivity contribution in [2.45, 2.75) is 6.42 Å². The van der Waals surface area contributed by atoms with Crippen molar-refractivity contribution in [3.63, 3.8) is 0 Å². The lowest BCUT2D eigenvalue weighted by atomic mass is 10.1. The van der Waals surface area contributed by atoms with Gasteiger partial charge in [0.25, 0.3) is 0 Å². The van der Waals surface area contributed by atoms with E-state index in [1.54, 1.807) is 17.0 Å². The monoisotopic (exact) mass is 320 g/mol. The first kappa shape index (κ1) is 16.0. The molecule has 6 nitrogen and oxygen atoms in total. The second kappa shape index (κ2) is 7.09. The Balaban J connectivity index is 2.12. The maximum Gasteiger partial charge on any atom is 0.318 e. The number of nitrogens with one attached hydrogen (secondary N) is 1. The van der Waals surface area contributed by atoms with Crippen molar-refractivity contribution in [1.82, 2.24) is 9.97 Å². The molecular weight excluding hydrogens is 304 g/mol. The van der Waals surface area contributed by atoms with E-state index in [-0.39, 0.29) is 18.3 Å². The van der Waals surface area contributed by atoms with Gasteiger partial charge in [-0.15, -0.1) is 0 Å². The Bertz CT molecular complexity index is 659. The van der Waals surface area contributed by atoms with Gasteiger partial charge in [-0.05, 0) is 17.7 Å². The first-order valence-corrected chi connectivity index (χ1v) is 7.00. The van der Waals surface area contributed by atoms with E-state index in [0.717, 1.165) is 5.56 Å². The highest BCUT2D eigenvalue weighted by atomic mass is 35.5. The predicted octanol–water partition coefficient (Wildman–Crippen LogP) is 2.39. The van der Waals surface area contributed by atoms with Gasteiger partial charge in [0.15, 0.2) is 5.82 Å². The standard InChI is InChI=1S/C15H17ClN4O2/c1-20(2)14-12(9-17-15(19-14)22-3)18-13(21)8-10-4-6-11(16)7-5-10/h4-7,9H,8H2,1-3H3,(H,18,21). The number of carbonyl (C=O) groups excluding carboxylic acids is 1. The average Bonchev–Trinajstić information content (AvgIpc) is 2.49. The summed E-state index contributed by atoms with van der Waals surface area (Å²) in [4.78, 5) is 22.2. The number of hydrogen-bond donors (Lipinski definition) is 1. The second-order valence-electron chi connectivity index (χ2n) is 4.84. The lowest BCUT2D eigenvalue weighted by Gasteiger charge is -2.16. The van der Waals surface area contributed by atoms with Crippen molar-refractivity contribution in [2.75, 3.05) is 31.4 Å². The lowest BCUT2D eigenvalue weighted by molar-refractivity contribution is -0.115. The molecule has 1 aromatic carbocycles. The first-order valence-electron chi connectivity index (χ1n) is 6.62. The third kappa shape index (κ3) is 4.08. The molecular formula is C15H17ClN4O2. The number of halogens is 1. The van der Waals surface area contributed by atoms with Crippen molar-refractivity contribution in [3.8, 4) is 6.01 Å². The highest BCUT2D eigenvalue weighted by Gasteiger charge is 2.13. The summed E-state index contributed by atoms with van der Waals surface area (Å²) in [5.74, 6) is 0.426. The van der Waals surface area contributed by atoms with Crippen molar-refractivity contribution in [1.29, 1.82) is 0 Å². The fourth-order valence-electron chi connectivity index (χ4n) is 1.87.